The third-order valence-corrected chi connectivity index (χ3v) is 4.47. The number of methoxy groups -OCH3 is 1. The van der Waals surface area contributed by atoms with E-state index in [0.717, 1.165) is 6.42 Å². The maximum Gasteiger partial charge on any atom is 0.312 e. The molecule has 1 saturated heterocycles. The lowest BCUT2D eigenvalue weighted by molar-refractivity contribution is -0.157. The summed E-state index contributed by atoms with van der Waals surface area (Å²) in [5, 5.41) is 0. The molecule has 142 valence electrons. The highest BCUT2D eigenvalue weighted by molar-refractivity contribution is 5.81. The van der Waals surface area contributed by atoms with Crippen LogP contribution in [0.15, 0.2) is 6.33 Å². The van der Waals surface area contributed by atoms with Gasteiger partial charge in [0.05, 0.1) is 12.4 Å². The first-order valence-corrected chi connectivity index (χ1v) is 8.36. The zero-order valence-corrected chi connectivity index (χ0v) is 14.9. The summed E-state index contributed by atoms with van der Waals surface area (Å²) in [6, 6.07) is 0. The number of imidazole rings is 1. The second-order valence-corrected chi connectivity index (χ2v) is 6.48. The van der Waals surface area contributed by atoms with Crippen LogP contribution in [-0.4, -0.2) is 51.4 Å². The second kappa shape index (κ2) is 7.50. The molecule has 2 aromatic rings. The van der Waals surface area contributed by atoms with Crippen LogP contribution in [0.4, 0.5) is 10.2 Å². The number of fused-ring (bicyclic) bond motifs is 1. The molecule has 3 rings (SSSR count). The Balaban J connectivity index is 1.94. The number of carbonyl (C=O) groups is 1. The number of halogens is 1. The average Bonchev–Trinajstić information content (AvgIpc) is 2.92. The number of hydrogen-bond donors (Lipinski definition) is 1. The zero-order chi connectivity index (χ0) is 18.8. The Labute approximate surface area is 149 Å². The molecule has 0 spiro atoms. The minimum absolute atomic E-state index is 0.0286. The fraction of sp³-hybridized carbons (Fsp3) is 0.625. The molecule has 0 radical (unpaired) electrons. The Morgan fingerprint density at radius 1 is 1.46 bits per heavy atom. The first-order valence-electron chi connectivity index (χ1n) is 8.36. The third-order valence-electron chi connectivity index (χ3n) is 4.47. The van der Waals surface area contributed by atoms with E-state index in [4.69, 9.17) is 19.9 Å². The summed E-state index contributed by atoms with van der Waals surface area (Å²) >= 11 is 0. The monoisotopic (exact) mass is 367 g/mol. The van der Waals surface area contributed by atoms with Gasteiger partial charge in [-0.25, -0.2) is 4.98 Å². The Hall–Kier alpha value is -2.33. The molecule has 2 aromatic heterocycles. The van der Waals surface area contributed by atoms with Crippen LogP contribution in [0.1, 0.15) is 32.9 Å². The summed E-state index contributed by atoms with van der Waals surface area (Å²) in [5.41, 5.74) is 6.30. The number of esters is 1. The Bertz CT molecular complexity index is 798. The van der Waals surface area contributed by atoms with E-state index in [1.54, 1.807) is 11.7 Å². The molecule has 2 N–H and O–H groups in total. The zero-order valence-electron chi connectivity index (χ0n) is 14.9. The summed E-state index contributed by atoms with van der Waals surface area (Å²) < 4.78 is 32.1. The van der Waals surface area contributed by atoms with E-state index in [1.807, 2.05) is 0 Å². The number of nitrogens with zero attached hydrogens (tertiary/aromatic N) is 4. The predicted octanol–water partition coefficient (Wildman–Crippen LogP) is 1.44. The van der Waals surface area contributed by atoms with E-state index >= 15 is 0 Å². The van der Waals surface area contributed by atoms with Crippen LogP contribution in [0.2, 0.25) is 0 Å². The largest absolute Gasteiger partial charge is 0.463 e. The number of nitrogens with two attached hydrogens (primary N) is 1. The quantitative estimate of drug-likeness (QED) is 0.638. The van der Waals surface area contributed by atoms with Crippen LogP contribution < -0.4 is 5.73 Å². The predicted molar refractivity (Wildman–Crippen MR) is 89.4 cm³/mol. The first-order chi connectivity index (χ1) is 12.4. The molecule has 3 heterocycles. The van der Waals surface area contributed by atoms with Crippen molar-refractivity contribution in [2.45, 2.75) is 45.1 Å². The van der Waals surface area contributed by atoms with Crippen molar-refractivity contribution in [2.24, 2.45) is 5.92 Å². The van der Waals surface area contributed by atoms with Crippen LogP contribution in [0.25, 0.3) is 11.2 Å². The molecule has 4 unspecified atom stereocenters. The minimum atomic E-state index is -0.926. The number of anilines is 1. The highest BCUT2D eigenvalue weighted by Crippen LogP contribution is 2.33. The van der Waals surface area contributed by atoms with Crippen molar-refractivity contribution in [2.75, 3.05) is 19.5 Å². The molecule has 9 nitrogen and oxygen atoms in total. The highest BCUT2D eigenvalue weighted by Gasteiger charge is 2.34. The summed E-state index contributed by atoms with van der Waals surface area (Å²) in [7, 11) is 1.59. The van der Waals surface area contributed by atoms with Crippen LogP contribution in [0.3, 0.4) is 0 Å². The van der Waals surface area contributed by atoms with E-state index in [9.17, 15) is 9.18 Å². The fourth-order valence-corrected chi connectivity index (χ4v) is 3.23. The van der Waals surface area contributed by atoms with Crippen LogP contribution >= 0.6 is 0 Å². The van der Waals surface area contributed by atoms with Gasteiger partial charge in [-0.3, -0.25) is 9.36 Å². The van der Waals surface area contributed by atoms with Crippen molar-refractivity contribution < 1.29 is 23.4 Å². The fourth-order valence-electron chi connectivity index (χ4n) is 3.23. The standard InChI is InChI=1S/C16H22FN5O4/c1-8-4-10(24-3)11(6-25-9(2)23)26-12(5-8)22-7-19-13-14(18)20-16(17)21-15(13)22/h7-8,10-12H,4-6H2,1-3H3,(H2,18,20,21). The van der Waals surface area contributed by atoms with Gasteiger partial charge in [0.15, 0.2) is 17.0 Å². The van der Waals surface area contributed by atoms with Gasteiger partial charge in [-0.1, -0.05) is 6.92 Å². The van der Waals surface area contributed by atoms with E-state index in [-0.39, 0.29) is 30.1 Å². The third kappa shape index (κ3) is 3.75. The van der Waals surface area contributed by atoms with Crippen LogP contribution in [-0.2, 0) is 19.0 Å². The van der Waals surface area contributed by atoms with Gasteiger partial charge in [0, 0.05) is 14.0 Å². The molecule has 26 heavy (non-hydrogen) atoms. The lowest BCUT2D eigenvalue weighted by atomic mass is 9.98. The van der Waals surface area contributed by atoms with Crippen LogP contribution in [0.5, 0.6) is 0 Å². The highest BCUT2D eigenvalue weighted by atomic mass is 19.1. The summed E-state index contributed by atoms with van der Waals surface area (Å²) in [6.45, 7) is 3.47. The van der Waals surface area contributed by atoms with Gasteiger partial charge in [0.25, 0.3) is 0 Å². The van der Waals surface area contributed by atoms with Crippen molar-refractivity contribution in [3.8, 4) is 0 Å². The molecule has 1 aliphatic rings. The topological polar surface area (TPSA) is 114 Å². The normalized spacial score (nSPS) is 26.6. The number of aromatic nitrogens is 4. The summed E-state index contributed by atoms with van der Waals surface area (Å²) in [6.07, 6.45) is 0.752. The van der Waals surface area contributed by atoms with Gasteiger partial charge in [-0.15, -0.1) is 0 Å². The SMILES string of the molecule is COC1CC(C)CC(n2cnc3c(N)nc(F)nc32)OC1COC(C)=O. The Kier molecular flexibility index (Phi) is 5.33. The molecular formula is C16H22FN5O4. The molecule has 1 fully saturated rings. The van der Waals surface area contributed by atoms with E-state index in [2.05, 4.69) is 21.9 Å². The Morgan fingerprint density at radius 2 is 2.23 bits per heavy atom. The van der Waals surface area contributed by atoms with E-state index in [0.29, 0.717) is 11.9 Å². The first kappa shape index (κ1) is 18.5. The van der Waals surface area contributed by atoms with Crippen molar-refractivity contribution in [3.05, 3.63) is 12.4 Å². The molecule has 10 heteroatoms. The lowest BCUT2D eigenvalue weighted by Crippen LogP contribution is -2.36. The molecule has 0 bridgehead atoms. The second-order valence-electron chi connectivity index (χ2n) is 6.48. The van der Waals surface area contributed by atoms with Crippen molar-refractivity contribution >= 4 is 23.0 Å². The smallest absolute Gasteiger partial charge is 0.312 e. The lowest BCUT2D eigenvalue weighted by Gasteiger charge is -2.26. The summed E-state index contributed by atoms with van der Waals surface area (Å²) in [4.78, 5) is 22.7. The van der Waals surface area contributed by atoms with Gasteiger partial charge in [-0.05, 0) is 18.8 Å². The van der Waals surface area contributed by atoms with E-state index < -0.39 is 24.4 Å². The minimum Gasteiger partial charge on any atom is -0.463 e. The van der Waals surface area contributed by atoms with Crippen LogP contribution in [0, 0.1) is 12.0 Å². The van der Waals surface area contributed by atoms with E-state index in [1.165, 1.54) is 13.3 Å². The van der Waals surface area contributed by atoms with Gasteiger partial charge in [-0.2, -0.15) is 14.4 Å². The molecule has 4 atom stereocenters. The van der Waals surface area contributed by atoms with Gasteiger partial charge in [0.1, 0.15) is 18.9 Å². The molecule has 0 amide bonds. The maximum absolute atomic E-state index is 13.6. The molecule has 0 aromatic carbocycles. The summed E-state index contributed by atoms with van der Waals surface area (Å²) in [5.74, 6) is -0.180. The molecule has 0 saturated carbocycles. The van der Waals surface area contributed by atoms with Crippen molar-refractivity contribution in [3.63, 3.8) is 0 Å². The number of nitrogen functional groups attached to an aromatic ring is 1. The molecular weight excluding hydrogens is 345 g/mol. The molecule has 0 aliphatic carbocycles. The van der Waals surface area contributed by atoms with Crippen molar-refractivity contribution in [1.82, 2.24) is 19.5 Å². The number of hydrogen-bond acceptors (Lipinski definition) is 8. The number of ether oxygens (including phenoxy) is 3. The number of carbonyl (C=O) groups excluding carboxylic acids is 1. The number of rotatable bonds is 4. The Morgan fingerprint density at radius 3 is 2.92 bits per heavy atom. The van der Waals surface area contributed by atoms with Gasteiger partial charge < -0.3 is 19.9 Å². The average molecular weight is 367 g/mol. The van der Waals surface area contributed by atoms with Crippen molar-refractivity contribution in [1.29, 1.82) is 0 Å². The molecule has 1 aliphatic heterocycles. The maximum atomic E-state index is 13.6. The van der Waals surface area contributed by atoms with Gasteiger partial charge in [0.2, 0.25) is 0 Å². The van der Waals surface area contributed by atoms with Gasteiger partial charge >= 0.3 is 12.0 Å².